The van der Waals surface area contributed by atoms with E-state index in [0.29, 0.717) is 25.4 Å². The minimum atomic E-state index is -3.71. The Morgan fingerprint density at radius 2 is 1.88 bits per heavy atom. The molecule has 0 aliphatic rings. The van der Waals surface area contributed by atoms with Gasteiger partial charge in [0, 0.05) is 25.9 Å². The van der Waals surface area contributed by atoms with Crippen LogP contribution in [0.2, 0.25) is 0 Å². The summed E-state index contributed by atoms with van der Waals surface area (Å²) < 4.78 is 37.6. The number of carbonyl (C=O) groups excluding carboxylic acids is 1. The second-order valence-corrected chi connectivity index (χ2v) is 7.39. The van der Waals surface area contributed by atoms with Gasteiger partial charge in [-0.2, -0.15) is 4.31 Å². The summed E-state index contributed by atoms with van der Waals surface area (Å²) in [4.78, 5) is 12.1. The van der Waals surface area contributed by atoms with Gasteiger partial charge in [0.15, 0.2) is 0 Å². The molecular formula is C17H28N2O5S. The number of hydrogen-bond donors (Lipinski definition) is 1. The standard InChI is InChI=1S/C17H28N2O5S/c1-6-19(7-2)25(21,22)16-12-14(9-10-15(16)24-8-3)18-17(20)11-13(4)23-5/h9-10,12-13H,6-8,11H2,1-5H3,(H,18,20)/t13-/m0/s1. The van der Waals surface area contributed by atoms with E-state index in [1.54, 1.807) is 39.8 Å². The average Bonchev–Trinajstić information content (AvgIpc) is 2.57. The van der Waals surface area contributed by atoms with E-state index in [-0.39, 0.29) is 29.1 Å². The number of rotatable bonds is 10. The second-order valence-electron chi connectivity index (χ2n) is 5.48. The Labute approximate surface area is 150 Å². The van der Waals surface area contributed by atoms with Crippen molar-refractivity contribution in [2.24, 2.45) is 0 Å². The predicted octanol–water partition coefficient (Wildman–Crippen LogP) is 2.48. The van der Waals surface area contributed by atoms with Gasteiger partial charge in [0.1, 0.15) is 10.6 Å². The van der Waals surface area contributed by atoms with Crippen LogP contribution in [0.5, 0.6) is 5.75 Å². The summed E-state index contributed by atoms with van der Waals surface area (Å²) in [7, 11) is -2.18. The maximum atomic E-state index is 12.9. The Morgan fingerprint density at radius 1 is 1.24 bits per heavy atom. The first-order chi connectivity index (χ1) is 11.8. The van der Waals surface area contributed by atoms with Crippen molar-refractivity contribution in [2.75, 3.05) is 32.1 Å². The van der Waals surface area contributed by atoms with Crippen LogP contribution in [0.15, 0.2) is 23.1 Å². The molecule has 25 heavy (non-hydrogen) atoms. The minimum Gasteiger partial charge on any atom is -0.492 e. The highest BCUT2D eigenvalue weighted by atomic mass is 32.2. The normalized spacial score (nSPS) is 12.9. The van der Waals surface area contributed by atoms with Gasteiger partial charge in [-0.25, -0.2) is 8.42 Å². The van der Waals surface area contributed by atoms with Gasteiger partial charge in [-0.05, 0) is 32.0 Å². The van der Waals surface area contributed by atoms with Crippen LogP contribution in [-0.2, 0) is 19.6 Å². The number of nitrogens with zero attached hydrogens (tertiary/aromatic N) is 1. The number of methoxy groups -OCH3 is 1. The maximum Gasteiger partial charge on any atom is 0.246 e. The summed E-state index contributed by atoms with van der Waals surface area (Å²) in [5, 5.41) is 2.71. The monoisotopic (exact) mass is 372 g/mol. The van der Waals surface area contributed by atoms with Crippen LogP contribution in [0.4, 0.5) is 5.69 Å². The van der Waals surface area contributed by atoms with Gasteiger partial charge >= 0.3 is 0 Å². The molecule has 1 aromatic carbocycles. The number of carbonyl (C=O) groups is 1. The number of ether oxygens (including phenoxy) is 2. The summed E-state index contributed by atoms with van der Waals surface area (Å²) in [6.45, 7) is 8.18. The topological polar surface area (TPSA) is 84.9 Å². The maximum absolute atomic E-state index is 12.9. The molecular weight excluding hydrogens is 344 g/mol. The van der Waals surface area contributed by atoms with E-state index < -0.39 is 10.0 Å². The number of benzene rings is 1. The van der Waals surface area contributed by atoms with Crippen molar-refractivity contribution >= 4 is 21.6 Å². The van der Waals surface area contributed by atoms with Gasteiger partial charge < -0.3 is 14.8 Å². The third-order valence-electron chi connectivity index (χ3n) is 3.73. The first-order valence-corrected chi connectivity index (χ1v) is 9.83. The van der Waals surface area contributed by atoms with Crippen LogP contribution in [0.25, 0.3) is 0 Å². The first-order valence-electron chi connectivity index (χ1n) is 8.39. The van der Waals surface area contributed by atoms with Crippen LogP contribution >= 0.6 is 0 Å². The van der Waals surface area contributed by atoms with Gasteiger partial charge in [-0.1, -0.05) is 13.8 Å². The largest absolute Gasteiger partial charge is 0.492 e. The Kier molecular flexibility index (Phi) is 8.34. The molecule has 0 saturated heterocycles. The molecule has 0 aromatic heterocycles. The summed E-state index contributed by atoms with van der Waals surface area (Å²) in [6.07, 6.45) is -0.0384. The zero-order chi connectivity index (χ0) is 19.0. The van der Waals surface area contributed by atoms with Gasteiger partial charge in [-0.3, -0.25) is 4.79 Å². The van der Waals surface area contributed by atoms with E-state index in [4.69, 9.17) is 9.47 Å². The van der Waals surface area contributed by atoms with Crippen molar-refractivity contribution in [2.45, 2.75) is 45.1 Å². The van der Waals surface area contributed by atoms with Crippen molar-refractivity contribution in [3.05, 3.63) is 18.2 Å². The third kappa shape index (κ3) is 5.69. The van der Waals surface area contributed by atoms with Gasteiger partial charge in [0.25, 0.3) is 0 Å². The molecule has 0 aliphatic heterocycles. The van der Waals surface area contributed by atoms with Crippen LogP contribution in [0.1, 0.15) is 34.1 Å². The van der Waals surface area contributed by atoms with Gasteiger partial charge in [-0.15, -0.1) is 0 Å². The smallest absolute Gasteiger partial charge is 0.246 e. The van der Waals surface area contributed by atoms with Crippen molar-refractivity contribution in [3.63, 3.8) is 0 Å². The zero-order valence-corrected chi connectivity index (χ0v) is 16.4. The summed E-state index contributed by atoms with van der Waals surface area (Å²) in [5.41, 5.74) is 0.405. The lowest BCUT2D eigenvalue weighted by molar-refractivity contribution is -0.118. The quantitative estimate of drug-likeness (QED) is 0.682. The van der Waals surface area contributed by atoms with Crippen LogP contribution in [0, 0.1) is 0 Å². The lowest BCUT2D eigenvalue weighted by Gasteiger charge is -2.21. The number of sulfonamides is 1. The number of hydrogen-bond acceptors (Lipinski definition) is 5. The van der Waals surface area contributed by atoms with Crippen LogP contribution in [-0.4, -0.2) is 51.5 Å². The second kappa shape index (κ2) is 9.74. The lowest BCUT2D eigenvalue weighted by Crippen LogP contribution is -2.31. The van der Waals surface area contributed by atoms with E-state index in [0.717, 1.165) is 0 Å². The number of anilines is 1. The van der Waals surface area contributed by atoms with E-state index in [1.807, 2.05) is 0 Å². The molecule has 0 unspecified atom stereocenters. The molecule has 0 bridgehead atoms. The highest BCUT2D eigenvalue weighted by molar-refractivity contribution is 7.89. The molecule has 0 saturated carbocycles. The molecule has 0 heterocycles. The fourth-order valence-electron chi connectivity index (χ4n) is 2.32. The molecule has 8 heteroatoms. The van der Waals surface area contributed by atoms with E-state index >= 15 is 0 Å². The molecule has 1 N–H and O–H groups in total. The molecule has 0 aliphatic carbocycles. The predicted molar refractivity (Wildman–Crippen MR) is 97.4 cm³/mol. The Bertz CT molecular complexity index is 672. The SMILES string of the molecule is CCOc1ccc(NC(=O)C[C@H](C)OC)cc1S(=O)(=O)N(CC)CC. The molecule has 1 aromatic rings. The highest BCUT2D eigenvalue weighted by Gasteiger charge is 2.26. The van der Waals surface area contributed by atoms with Crippen LogP contribution < -0.4 is 10.1 Å². The molecule has 7 nitrogen and oxygen atoms in total. The fraction of sp³-hybridized carbons (Fsp3) is 0.588. The molecule has 1 amide bonds. The molecule has 1 rings (SSSR count). The van der Waals surface area contributed by atoms with Crippen molar-refractivity contribution < 1.29 is 22.7 Å². The first kappa shape index (κ1) is 21.4. The van der Waals surface area contributed by atoms with E-state index in [9.17, 15) is 13.2 Å². The lowest BCUT2D eigenvalue weighted by atomic mass is 10.2. The van der Waals surface area contributed by atoms with Crippen molar-refractivity contribution in [1.82, 2.24) is 4.31 Å². The molecule has 1 atom stereocenters. The molecule has 0 fully saturated rings. The van der Waals surface area contributed by atoms with E-state index in [1.165, 1.54) is 17.5 Å². The van der Waals surface area contributed by atoms with E-state index in [2.05, 4.69) is 5.32 Å². The minimum absolute atomic E-state index is 0.0515. The average molecular weight is 372 g/mol. The third-order valence-corrected chi connectivity index (χ3v) is 5.80. The molecule has 0 radical (unpaired) electrons. The number of amides is 1. The fourth-order valence-corrected chi connectivity index (χ4v) is 3.94. The van der Waals surface area contributed by atoms with Crippen molar-refractivity contribution in [1.29, 1.82) is 0 Å². The Balaban J connectivity index is 3.20. The Morgan fingerprint density at radius 3 is 2.40 bits per heavy atom. The Hall–Kier alpha value is -1.64. The molecule has 0 spiro atoms. The summed E-state index contributed by atoms with van der Waals surface area (Å²) in [6, 6.07) is 4.63. The van der Waals surface area contributed by atoms with Gasteiger partial charge in [0.2, 0.25) is 15.9 Å². The highest BCUT2D eigenvalue weighted by Crippen LogP contribution is 2.30. The van der Waals surface area contributed by atoms with Crippen LogP contribution in [0.3, 0.4) is 0 Å². The molecule has 142 valence electrons. The number of nitrogens with one attached hydrogen (secondary N) is 1. The summed E-state index contributed by atoms with van der Waals surface area (Å²) in [5.74, 6) is 0.0300. The zero-order valence-electron chi connectivity index (χ0n) is 15.5. The van der Waals surface area contributed by atoms with Crippen molar-refractivity contribution in [3.8, 4) is 5.75 Å². The van der Waals surface area contributed by atoms with Gasteiger partial charge in [0.05, 0.1) is 19.1 Å². The summed E-state index contributed by atoms with van der Waals surface area (Å²) >= 11 is 0.